The molecule has 2 rings (SSSR count). The van der Waals surface area contributed by atoms with E-state index in [9.17, 15) is 0 Å². The van der Waals surface area contributed by atoms with Gasteiger partial charge in [-0.2, -0.15) is 0 Å². The molecular formula is C16H20N2O3. The highest BCUT2D eigenvalue weighted by Gasteiger charge is 2.23. The van der Waals surface area contributed by atoms with Crippen LogP contribution in [0.3, 0.4) is 0 Å². The topological polar surface area (TPSA) is 52.6 Å². The Kier molecular flexibility index (Phi) is 5.00. The van der Waals surface area contributed by atoms with E-state index in [-0.39, 0.29) is 6.04 Å². The summed E-state index contributed by atoms with van der Waals surface area (Å²) in [6.07, 6.45) is 3.44. The molecule has 112 valence electrons. The number of nitrogens with zero attached hydrogens (tertiary/aromatic N) is 1. The van der Waals surface area contributed by atoms with Gasteiger partial charge in [0.1, 0.15) is 17.2 Å². The molecule has 0 aliphatic rings. The molecule has 0 fully saturated rings. The van der Waals surface area contributed by atoms with Crippen molar-refractivity contribution in [1.29, 1.82) is 0 Å². The molecule has 0 aliphatic heterocycles. The summed E-state index contributed by atoms with van der Waals surface area (Å²) in [7, 11) is 6.81. The second-order valence-electron chi connectivity index (χ2n) is 4.42. The van der Waals surface area contributed by atoms with Crippen molar-refractivity contribution in [1.82, 2.24) is 10.3 Å². The van der Waals surface area contributed by atoms with E-state index in [1.807, 2.05) is 31.3 Å². The van der Waals surface area contributed by atoms with E-state index >= 15 is 0 Å². The zero-order valence-electron chi connectivity index (χ0n) is 12.7. The van der Waals surface area contributed by atoms with Crippen LogP contribution >= 0.6 is 0 Å². The molecule has 5 heteroatoms. The quantitative estimate of drug-likeness (QED) is 0.884. The van der Waals surface area contributed by atoms with Crippen molar-refractivity contribution in [3.8, 4) is 17.2 Å². The van der Waals surface area contributed by atoms with E-state index in [0.29, 0.717) is 5.75 Å². The van der Waals surface area contributed by atoms with Crippen molar-refractivity contribution in [3.05, 3.63) is 47.8 Å². The monoisotopic (exact) mass is 288 g/mol. The van der Waals surface area contributed by atoms with Gasteiger partial charge < -0.3 is 19.5 Å². The highest BCUT2D eigenvalue weighted by molar-refractivity contribution is 5.52. The Morgan fingerprint density at radius 1 is 0.952 bits per heavy atom. The largest absolute Gasteiger partial charge is 0.496 e. The Balaban J connectivity index is 2.61. The zero-order chi connectivity index (χ0) is 15.2. The van der Waals surface area contributed by atoms with Gasteiger partial charge in [0.25, 0.3) is 0 Å². The second kappa shape index (κ2) is 6.95. The van der Waals surface area contributed by atoms with Gasteiger partial charge >= 0.3 is 0 Å². The van der Waals surface area contributed by atoms with Gasteiger partial charge in [-0.1, -0.05) is 6.07 Å². The van der Waals surface area contributed by atoms with E-state index < -0.39 is 0 Å². The normalized spacial score (nSPS) is 11.8. The number of hydrogen-bond acceptors (Lipinski definition) is 5. The molecule has 1 atom stereocenters. The fourth-order valence-corrected chi connectivity index (χ4v) is 2.42. The lowest BCUT2D eigenvalue weighted by Gasteiger charge is -2.23. The number of rotatable bonds is 6. The van der Waals surface area contributed by atoms with Crippen LogP contribution < -0.4 is 19.5 Å². The molecule has 1 aromatic carbocycles. The van der Waals surface area contributed by atoms with Gasteiger partial charge in [-0.05, 0) is 25.2 Å². The highest BCUT2D eigenvalue weighted by Crippen LogP contribution is 2.39. The van der Waals surface area contributed by atoms with Gasteiger partial charge in [0, 0.05) is 11.8 Å². The lowest BCUT2D eigenvalue weighted by molar-refractivity contribution is 0.374. The molecule has 2 aromatic rings. The molecule has 0 saturated carbocycles. The Morgan fingerprint density at radius 3 is 2.10 bits per heavy atom. The van der Waals surface area contributed by atoms with Crippen LogP contribution in [-0.2, 0) is 0 Å². The maximum Gasteiger partial charge on any atom is 0.142 e. The highest BCUT2D eigenvalue weighted by atomic mass is 16.5. The van der Waals surface area contributed by atoms with Crippen LogP contribution in [0, 0.1) is 0 Å². The third kappa shape index (κ3) is 2.92. The Hall–Kier alpha value is -2.27. The summed E-state index contributed by atoms with van der Waals surface area (Å²) >= 11 is 0. The van der Waals surface area contributed by atoms with Crippen LogP contribution in [0.4, 0.5) is 0 Å². The molecule has 5 nitrogen and oxygen atoms in total. The predicted molar refractivity (Wildman–Crippen MR) is 81.2 cm³/mol. The summed E-state index contributed by atoms with van der Waals surface area (Å²) in [4.78, 5) is 4.10. The molecule has 21 heavy (non-hydrogen) atoms. The van der Waals surface area contributed by atoms with Gasteiger partial charge in [0.15, 0.2) is 0 Å². The van der Waals surface area contributed by atoms with Crippen molar-refractivity contribution < 1.29 is 14.2 Å². The fourth-order valence-electron chi connectivity index (χ4n) is 2.42. The van der Waals surface area contributed by atoms with Crippen LogP contribution in [-0.4, -0.2) is 33.4 Å². The van der Waals surface area contributed by atoms with Gasteiger partial charge in [-0.25, -0.2) is 0 Å². The summed E-state index contributed by atoms with van der Waals surface area (Å²) in [6, 6.07) is 7.52. The smallest absolute Gasteiger partial charge is 0.142 e. The first-order chi connectivity index (χ1) is 10.3. The first-order valence-corrected chi connectivity index (χ1v) is 6.62. The summed E-state index contributed by atoms with van der Waals surface area (Å²) in [5.41, 5.74) is 1.90. The molecule has 1 unspecified atom stereocenters. The maximum absolute atomic E-state index is 5.49. The predicted octanol–water partition coefficient (Wildman–Crippen LogP) is 2.42. The van der Waals surface area contributed by atoms with Crippen LogP contribution in [0.1, 0.15) is 17.2 Å². The van der Waals surface area contributed by atoms with E-state index in [4.69, 9.17) is 14.2 Å². The molecule has 1 N–H and O–H groups in total. The van der Waals surface area contributed by atoms with E-state index in [1.54, 1.807) is 33.7 Å². The molecule has 0 spiro atoms. The minimum atomic E-state index is -0.131. The Bertz CT molecular complexity index is 580. The number of aromatic nitrogens is 1. The molecule has 0 aliphatic carbocycles. The molecule has 0 saturated heterocycles. The van der Waals surface area contributed by atoms with Gasteiger partial charge in [-0.3, -0.25) is 4.98 Å². The van der Waals surface area contributed by atoms with Gasteiger partial charge in [0.05, 0.1) is 39.1 Å². The van der Waals surface area contributed by atoms with Crippen molar-refractivity contribution in [2.45, 2.75) is 6.04 Å². The molecular weight excluding hydrogens is 268 g/mol. The molecule has 0 bridgehead atoms. The standard InChI is InChI=1S/C16H20N2O3/c1-17-16(11-8-9-18-10-14(11)21-4)15-12(19-2)6-5-7-13(15)20-3/h5-10,16-17H,1-4H3. The number of nitrogens with one attached hydrogen (secondary N) is 1. The summed E-state index contributed by atoms with van der Waals surface area (Å²) in [5.74, 6) is 2.23. The average Bonchev–Trinajstić information content (AvgIpc) is 2.56. The summed E-state index contributed by atoms with van der Waals surface area (Å²) < 4.78 is 16.4. The maximum atomic E-state index is 5.49. The van der Waals surface area contributed by atoms with E-state index in [2.05, 4.69) is 10.3 Å². The average molecular weight is 288 g/mol. The van der Waals surface area contributed by atoms with Gasteiger partial charge in [-0.15, -0.1) is 0 Å². The molecule has 1 heterocycles. The van der Waals surface area contributed by atoms with Crippen LogP contribution in [0.15, 0.2) is 36.7 Å². The summed E-state index contributed by atoms with van der Waals surface area (Å²) in [6.45, 7) is 0. The minimum Gasteiger partial charge on any atom is -0.496 e. The van der Waals surface area contributed by atoms with Crippen molar-refractivity contribution in [2.24, 2.45) is 0 Å². The first kappa shape index (κ1) is 15.1. The molecule has 0 amide bonds. The number of benzene rings is 1. The number of methoxy groups -OCH3 is 3. The minimum absolute atomic E-state index is 0.131. The lowest BCUT2D eigenvalue weighted by Crippen LogP contribution is -2.20. The third-order valence-electron chi connectivity index (χ3n) is 3.39. The Morgan fingerprint density at radius 2 is 1.57 bits per heavy atom. The molecule has 0 radical (unpaired) electrons. The van der Waals surface area contributed by atoms with E-state index in [0.717, 1.165) is 22.6 Å². The SMILES string of the molecule is CNC(c1ccncc1OC)c1c(OC)cccc1OC. The van der Waals surface area contributed by atoms with Crippen molar-refractivity contribution in [3.63, 3.8) is 0 Å². The fraction of sp³-hybridized carbons (Fsp3) is 0.312. The Labute approximate surface area is 124 Å². The van der Waals surface area contributed by atoms with Crippen molar-refractivity contribution in [2.75, 3.05) is 28.4 Å². The van der Waals surface area contributed by atoms with E-state index in [1.165, 1.54) is 0 Å². The number of hydrogen-bond donors (Lipinski definition) is 1. The van der Waals surface area contributed by atoms with Crippen molar-refractivity contribution >= 4 is 0 Å². The first-order valence-electron chi connectivity index (χ1n) is 6.62. The lowest BCUT2D eigenvalue weighted by atomic mass is 9.97. The summed E-state index contributed by atoms with van der Waals surface area (Å²) in [5, 5.41) is 3.29. The number of ether oxygens (including phenoxy) is 3. The van der Waals surface area contributed by atoms with Crippen LogP contribution in [0.25, 0.3) is 0 Å². The molecule has 1 aromatic heterocycles. The number of pyridine rings is 1. The van der Waals surface area contributed by atoms with Crippen LogP contribution in [0.5, 0.6) is 17.2 Å². The third-order valence-corrected chi connectivity index (χ3v) is 3.39. The zero-order valence-corrected chi connectivity index (χ0v) is 12.7. The second-order valence-corrected chi connectivity index (χ2v) is 4.42. The van der Waals surface area contributed by atoms with Gasteiger partial charge in [0.2, 0.25) is 0 Å². The van der Waals surface area contributed by atoms with Crippen LogP contribution in [0.2, 0.25) is 0 Å².